The molecule has 4 rings (SSSR count). The van der Waals surface area contributed by atoms with Gasteiger partial charge >= 0.3 is 0 Å². The number of amides is 1. The first-order valence-electron chi connectivity index (χ1n) is 8.84. The minimum atomic E-state index is -0.254. The summed E-state index contributed by atoms with van der Waals surface area (Å²) in [4.78, 5) is 12.8. The van der Waals surface area contributed by atoms with E-state index < -0.39 is 0 Å². The standard InChI is InChI=1S/C22H19FN2OS/c23-18-8-4-7-16(13-18)9-11-24-22(26)20-14-21-19(10-12-27-21)25(20)15-17-5-2-1-3-6-17/h1-8,10,12-14H,9,11,15H2,(H,24,26). The van der Waals surface area contributed by atoms with Gasteiger partial charge in [0, 0.05) is 13.1 Å². The van der Waals surface area contributed by atoms with E-state index >= 15 is 0 Å². The molecule has 0 unspecified atom stereocenters. The van der Waals surface area contributed by atoms with Crippen molar-refractivity contribution in [3.63, 3.8) is 0 Å². The third-order valence-electron chi connectivity index (χ3n) is 4.53. The van der Waals surface area contributed by atoms with Gasteiger partial charge in [-0.1, -0.05) is 42.5 Å². The molecule has 0 spiro atoms. The van der Waals surface area contributed by atoms with Crippen LogP contribution in [0.3, 0.4) is 0 Å². The molecule has 136 valence electrons. The first-order chi connectivity index (χ1) is 13.2. The average molecular weight is 378 g/mol. The number of hydrogen-bond acceptors (Lipinski definition) is 2. The Morgan fingerprint density at radius 2 is 1.81 bits per heavy atom. The van der Waals surface area contributed by atoms with Crippen molar-refractivity contribution in [2.75, 3.05) is 6.54 Å². The molecule has 2 aromatic carbocycles. The molecule has 0 saturated heterocycles. The third-order valence-corrected chi connectivity index (χ3v) is 5.38. The van der Waals surface area contributed by atoms with Gasteiger partial charge < -0.3 is 9.88 Å². The fourth-order valence-electron chi connectivity index (χ4n) is 3.20. The van der Waals surface area contributed by atoms with Crippen LogP contribution in [-0.4, -0.2) is 17.0 Å². The summed E-state index contributed by atoms with van der Waals surface area (Å²) < 4.78 is 16.4. The van der Waals surface area contributed by atoms with Crippen LogP contribution in [0.5, 0.6) is 0 Å². The normalized spacial score (nSPS) is 11.0. The van der Waals surface area contributed by atoms with E-state index in [1.807, 2.05) is 41.8 Å². The van der Waals surface area contributed by atoms with E-state index in [1.165, 1.54) is 12.1 Å². The first kappa shape index (κ1) is 17.5. The van der Waals surface area contributed by atoms with Gasteiger partial charge in [-0.15, -0.1) is 11.3 Å². The molecular formula is C22H19FN2OS. The molecule has 4 aromatic rings. The van der Waals surface area contributed by atoms with Crippen LogP contribution in [0, 0.1) is 5.82 Å². The van der Waals surface area contributed by atoms with Crippen molar-refractivity contribution in [1.29, 1.82) is 0 Å². The predicted octanol–water partition coefficient (Wildman–Crippen LogP) is 4.86. The van der Waals surface area contributed by atoms with Crippen LogP contribution in [-0.2, 0) is 13.0 Å². The van der Waals surface area contributed by atoms with Gasteiger partial charge in [-0.25, -0.2) is 4.39 Å². The molecule has 0 bridgehead atoms. The van der Waals surface area contributed by atoms with Crippen LogP contribution in [0.2, 0.25) is 0 Å². The number of carbonyl (C=O) groups excluding carboxylic acids is 1. The number of rotatable bonds is 6. The number of nitrogens with one attached hydrogen (secondary N) is 1. The van der Waals surface area contributed by atoms with Crippen LogP contribution in [0.4, 0.5) is 4.39 Å². The van der Waals surface area contributed by atoms with Gasteiger partial charge in [0.1, 0.15) is 11.5 Å². The number of hydrogen-bond donors (Lipinski definition) is 1. The highest BCUT2D eigenvalue weighted by Crippen LogP contribution is 2.26. The third kappa shape index (κ3) is 3.93. The molecule has 1 N–H and O–H groups in total. The van der Waals surface area contributed by atoms with Gasteiger partial charge in [0.05, 0.1) is 10.2 Å². The van der Waals surface area contributed by atoms with Crippen molar-refractivity contribution in [1.82, 2.24) is 9.88 Å². The maximum absolute atomic E-state index is 13.3. The number of halogens is 1. The van der Waals surface area contributed by atoms with Gasteiger partial charge in [0.15, 0.2) is 0 Å². The Kier molecular flexibility index (Phi) is 5.03. The maximum atomic E-state index is 13.3. The zero-order valence-corrected chi connectivity index (χ0v) is 15.5. The zero-order chi connectivity index (χ0) is 18.6. The Morgan fingerprint density at radius 3 is 2.63 bits per heavy atom. The Balaban J connectivity index is 1.51. The van der Waals surface area contributed by atoms with E-state index in [9.17, 15) is 9.18 Å². The van der Waals surface area contributed by atoms with Crippen molar-refractivity contribution < 1.29 is 9.18 Å². The minimum absolute atomic E-state index is 0.106. The monoisotopic (exact) mass is 378 g/mol. The lowest BCUT2D eigenvalue weighted by Gasteiger charge is -2.11. The van der Waals surface area contributed by atoms with Gasteiger partial charge in [0.2, 0.25) is 0 Å². The Labute approximate surface area is 161 Å². The van der Waals surface area contributed by atoms with Crippen LogP contribution in [0.25, 0.3) is 10.2 Å². The highest BCUT2D eigenvalue weighted by molar-refractivity contribution is 7.17. The summed E-state index contributed by atoms with van der Waals surface area (Å²) in [6.07, 6.45) is 0.595. The molecule has 0 saturated carbocycles. The molecule has 0 aliphatic rings. The van der Waals surface area contributed by atoms with Crippen LogP contribution < -0.4 is 5.32 Å². The number of benzene rings is 2. The molecule has 5 heteroatoms. The smallest absolute Gasteiger partial charge is 0.267 e. The van der Waals surface area contributed by atoms with Crippen molar-refractivity contribution in [3.05, 3.63) is 94.7 Å². The fourth-order valence-corrected chi connectivity index (χ4v) is 4.03. The summed E-state index contributed by atoms with van der Waals surface area (Å²) in [5.41, 5.74) is 3.74. The highest BCUT2D eigenvalue weighted by Gasteiger charge is 2.16. The molecule has 1 amide bonds. The highest BCUT2D eigenvalue weighted by atomic mass is 32.1. The van der Waals surface area contributed by atoms with E-state index in [-0.39, 0.29) is 11.7 Å². The van der Waals surface area contributed by atoms with Crippen molar-refractivity contribution >= 4 is 27.5 Å². The Hall–Kier alpha value is -2.92. The van der Waals surface area contributed by atoms with Gasteiger partial charge in [-0.3, -0.25) is 4.79 Å². The molecule has 2 aromatic heterocycles. The van der Waals surface area contributed by atoms with E-state index in [1.54, 1.807) is 17.4 Å². The lowest BCUT2D eigenvalue weighted by atomic mass is 10.1. The predicted molar refractivity (Wildman–Crippen MR) is 108 cm³/mol. The zero-order valence-electron chi connectivity index (χ0n) is 14.7. The van der Waals surface area contributed by atoms with Gasteiger partial charge in [-0.2, -0.15) is 0 Å². The average Bonchev–Trinajstić information content (AvgIpc) is 3.25. The van der Waals surface area contributed by atoms with Crippen LogP contribution in [0.15, 0.2) is 72.1 Å². The van der Waals surface area contributed by atoms with E-state index in [0.717, 1.165) is 21.3 Å². The molecule has 3 nitrogen and oxygen atoms in total. The summed E-state index contributed by atoms with van der Waals surface area (Å²) >= 11 is 1.63. The lowest BCUT2D eigenvalue weighted by molar-refractivity contribution is 0.0946. The topological polar surface area (TPSA) is 34.0 Å². The Bertz CT molecular complexity index is 1070. The van der Waals surface area contributed by atoms with E-state index in [2.05, 4.69) is 22.0 Å². The van der Waals surface area contributed by atoms with Gasteiger partial charge in [0.25, 0.3) is 5.91 Å². The number of thiophene rings is 1. The molecule has 2 heterocycles. The first-order valence-corrected chi connectivity index (χ1v) is 9.72. The summed E-state index contributed by atoms with van der Waals surface area (Å²) in [7, 11) is 0. The molecule has 0 aliphatic carbocycles. The molecule has 27 heavy (non-hydrogen) atoms. The number of nitrogens with zero attached hydrogens (tertiary/aromatic N) is 1. The van der Waals surface area contributed by atoms with Crippen LogP contribution in [0.1, 0.15) is 21.6 Å². The van der Waals surface area contributed by atoms with E-state index in [4.69, 9.17) is 0 Å². The Morgan fingerprint density at radius 1 is 1.00 bits per heavy atom. The summed E-state index contributed by atoms with van der Waals surface area (Å²) in [6, 6.07) is 20.6. The quantitative estimate of drug-likeness (QED) is 0.511. The van der Waals surface area contributed by atoms with E-state index in [0.29, 0.717) is 25.2 Å². The summed E-state index contributed by atoms with van der Waals surface area (Å²) in [5, 5.41) is 5.01. The fraction of sp³-hybridized carbons (Fsp3) is 0.136. The van der Waals surface area contributed by atoms with Gasteiger partial charge in [-0.05, 0) is 47.2 Å². The number of fused-ring (bicyclic) bond motifs is 1. The molecule has 0 atom stereocenters. The SMILES string of the molecule is O=C(NCCc1cccc(F)c1)c1cc2sccc2n1Cc1ccccc1. The maximum Gasteiger partial charge on any atom is 0.267 e. The largest absolute Gasteiger partial charge is 0.350 e. The second-order valence-corrected chi connectivity index (χ2v) is 7.35. The minimum Gasteiger partial charge on any atom is -0.350 e. The summed E-state index contributed by atoms with van der Waals surface area (Å²) in [6.45, 7) is 1.11. The van der Waals surface area contributed by atoms with Crippen molar-refractivity contribution in [2.24, 2.45) is 0 Å². The molecular weight excluding hydrogens is 359 g/mol. The summed E-state index contributed by atoms with van der Waals surface area (Å²) in [5.74, 6) is -0.360. The number of carbonyl (C=O) groups is 1. The number of aromatic nitrogens is 1. The molecule has 0 aliphatic heterocycles. The van der Waals surface area contributed by atoms with Crippen LogP contribution >= 0.6 is 11.3 Å². The second-order valence-electron chi connectivity index (χ2n) is 6.41. The molecule has 0 fully saturated rings. The van der Waals surface area contributed by atoms with Crippen molar-refractivity contribution in [2.45, 2.75) is 13.0 Å². The second kappa shape index (κ2) is 7.76. The van der Waals surface area contributed by atoms with Crippen molar-refractivity contribution in [3.8, 4) is 0 Å². The lowest BCUT2D eigenvalue weighted by Crippen LogP contribution is -2.28. The molecule has 0 radical (unpaired) electrons.